The van der Waals surface area contributed by atoms with Gasteiger partial charge in [0.2, 0.25) is 43.8 Å². The number of anilines is 4. The monoisotopic (exact) mass is 1700 g/mol. The summed E-state index contributed by atoms with van der Waals surface area (Å²) in [6.45, 7) is 41.5. The molecule has 5 aromatic rings. The zero-order valence-electron chi connectivity index (χ0n) is 63.6. The van der Waals surface area contributed by atoms with E-state index in [9.17, 15) is 36.7 Å². The molecule has 112 heavy (non-hydrogen) atoms. The van der Waals surface area contributed by atoms with E-state index in [1.807, 2.05) is 31.2 Å². The van der Waals surface area contributed by atoms with Crippen molar-refractivity contribution >= 4 is 116 Å². The first-order valence-electron chi connectivity index (χ1n) is 35.8. The Kier molecular flexibility index (Phi) is 50.0. The predicted octanol–water partition coefficient (Wildman–Crippen LogP) is 15.0. The highest BCUT2D eigenvalue weighted by Gasteiger charge is 2.40. The standard InChI is InChI=1S/C17H27NO4.2C12H14ClFN4O.C10H19N2O2.C9H12ClFN4.C6H15N.C4HCl2FN2.C3H3ClO.2CH4/c1-4-17(21-12-16(2,3)13-22-17)20-11-5-10-19-15-8-6-14(18)7-9-15;2*1-2-10(19)18-5-3-4-8(7-18)16-11-9(14)6-15-12(13)17-11;1-10(2,3)14-9(13)12-6-4-5-8(11)7-12;10-9-13-5-7(11)8(15-9)14-6-2-1-3-12-4-6;1-4-7(5-2)6-3;5-3-2(7)1-8-4(6)9-3;1-2-3(4)5;;/h6-9H,4-5,10-13,18H2,1-3H3;2*2,6,8H,1,3-5,7H2,(H,15,16,17);8H,1,4-7,11H2,2-3H3;5-6,12H,1-4H2,(H,13,14,15);4-6H2,1-3H3;1H;2H,1H2;2*1H4/q;;;+1;;;;;;/t;3*8-;6-;;;;;/m.1111...../s1. The van der Waals surface area contributed by atoms with Crippen LogP contribution in [0.2, 0.25) is 26.3 Å². The minimum atomic E-state index is -0.892. The van der Waals surface area contributed by atoms with E-state index in [4.69, 9.17) is 105 Å². The van der Waals surface area contributed by atoms with Gasteiger partial charge in [-0.05, 0) is 178 Å². The van der Waals surface area contributed by atoms with Crippen LogP contribution in [0.5, 0.6) is 5.75 Å². The van der Waals surface area contributed by atoms with Crippen LogP contribution in [0.25, 0.3) is 0 Å². The molecule has 3 amide bonds. The van der Waals surface area contributed by atoms with Gasteiger partial charge in [-0.3, -0.25) is 14.4 Å². The van der Waals surface area contributed by atoms with E-state index in [1.165, 1.54) is 31.8 Å². The molecule has 8 N–H and O–H groups in total. The van der Waals surface area contributed by atoms with Gasteiger partial charge in [0.1, 0.15) is 12.7 Å². The Bertz CT molecular complexity index is 3520. The SMILES string of the molecule is C.C.C=CC(=O)Cl.C=CC(=O)N1CCC[C@@H](Nc2nc(Cl)ncc2F)C1.C=CC(=O)N1CCC[C@@H](Nc2nc(Cl)ncc2F)C1.CCC1(OCCCOc2ccc(N)cc2)OCC(C)(C)CO1.CCN(CC)CC.Fc1cnc(Cl)nc1Cl.Fc1cnc(Cl)nc1N[C@@H]1CCCNC1.[CH2+]C(C)(C)OC(=O)N1CCC[C@@H](N)C1. The molecule has 4 aromatic heterocycles. The van der Waals surface area contributed by atoms with Crippen molar-refractivity contribution in [2.24, 2.45) is 11.1 Å². The van der Waals surface area contributed by atoms with Gasteiger partial charge in [-0.2, -0.15) is 15.0 Å². The number of amides is 3. The Hall–Kier alpha value is -7.27. The number of benzene rings is 1. The molecule has 5 fully saturated rings. The largest absolute Gasteiger partial charge is 0.494 e. The lowest BCUT2D eigenvalue weighted by Gasteiger charge is -2.42. The lowest BCUT2D eigenvalue weighted by Crippen LogP contribution is -2.49. The number of hydrogen-bond donors (Lipinski definition) is 6. The average Bonchev–Trinajstić information content (AvgIpc) is 0.822. The van der Waals surface area contributed by atoms with E-state index in [-0.39, 0.29) is 106 Å². The number of piperidine rings is 4. The van der Waals surface area contributed by atoms with E-state index >= 15 is 0 Å². The minimum Gasteiger partial charge on any atom is -0.494 e. The van der Waals surface area contributed by atoms with Crippen LogP contribution in [0.3, 0.4) is 0 Å². The number of rotatable bonds is 20. The summed E-state index contributed by atoms with van der Waals surface area (Å²) in [6.07, 6.45) is 16.2. The fourth-order valence-corrected chi connectivity index (χ4v) is 11.0. The fraction of sp³-hybridized carbons (Fsp3) is 0.560. The summed E-state index contributed by atoms with van der Waals surface area (Å²) in [7, 11) is 0. The molecular formula is C75H113Cl6F4N18O9+. The first-order chi connectivity index (χ1) is 52.1. The van der Waals surface area contributed by atoms with Gasteiger partial charge in [-0.25, -0.2) is 47.3 Å². The van der Waals surface area contributed by atoms with E-state index in [1.54, 1.807) is 28.5 Å². The maximum Gasteiger partial charge on any atom is 0.413 e. The van der Waals surface area contributed by atoms with Crippen molar-refractivity contribution in [3.63, 3.8) is 0 Å². The number of halogens is 10. The Morgan fingerprint density at radius 2 is 1.07 bits per heavy atom. The van der Waals surface area contributed by atoms with Gasteiger partial charge in [0.15, 0.2) is 45.9 Å². The fourth-order valence-electron chi connectivity index (χ4n) is 10.3. The van der Waals surface area contributed by atoms with E-state index in [2.05, 4.69) is 127 Å². The number of nitrogens with one attached hydrogen (secondary N) is 4. The Labute approximate surface area is 687 Å². The van der Waals surface area contributed by atoms with Crippen LogP contribution in [0.1, 0.15) is 134 Å². The molecule has 626 valence electrons. The highest BCUT2D eigenvalue weighted by molar-refractivity contribution is 6.66. The Morgan fingerprint density at radius 3 is 1.45 bits per heavy atom. The van der Waals surface area contributed by atoms with Gasteiger partial charge in [0.25, 0.3) is 5.97 Å². The van der Waals surface area contributed by atoms with Crippen molar-refractivity contribution in [2.45, 2.75) is 170 Å². The highest BCUT2D eigenvalue weighted by atomic mass is 35.5. The Balaban J connectivity index is 0.000000658. The molecule has 0 aliphatic carbocycles. The van der Waals surface area contributed by atoms with Gasteiger partial charge in [0, 0.05) is 108 Å². The summed E-state index contributed by atoms with van der Waals surface area (Å²) in [5.74, 6) is -2.25. The first kappa shape index (κ1) is 103. The Morgan fingerprint density at radius 1 is 0.652 bits per heavy atom. The summed E-state index contributed by atoms with van der Waals surface area (Å²) in [4.78, 5) is 80.2. The van der Waals surface area contributed by atoms with Gasteiger partial charge in [-0.15, -0.1) is 0 Å². The second-order valence-corrected chi connectivity index (χ2v) is 28.5. The number of ether oxygens (including phenoxy) is 5. The number of allylic oxidation sites excluding steroid dienone is 1. The minimum absolute atomic E-state index is 0. The molecule has 5 aliphatic heterocycles. The molecule has 4 atom stereocenters. The second-order valence-electron chi connectivity index (χ2n) is 26.4. The van der Waals surface area contributed by atoms with Crippen molar-refractivity contribution in [1.82, 2.24) is 64.8 Å². The van der Waals surface area contributed by atoms with Crippen LogP contribution in [0, 0.1) is 35.6 Å². The van der Waals surface area contributed by atoms with Gasteiger partial charge in [-0.1, -0.05) is 87.7 Å². The van der Waals surface area contributed by atoms with Crippen LogP contribution in [-0.2, 0) is 33.3 Å². The number of nitrogens with zero attached hydrogens (tertiary/aromatic N) is 12. The molecule has 5 aliphatic rings. The summed E-state index contributed by atoms with van der Waals surface area (Å²) in [5, 5.41) is 11.4. The quantitative estimate of drug-likeness (QED) is 0.00616. The lowest BCUT2D eigenvalue weighted by atomic mass is 9.95. The van der Waals surface area contributed by atoms with E-state index in [0.29, 0.717) is 65.6 Å². The smallest absolute Gasteiger partial charge is 0.413 e. The summed E-state index contributed by atoms with van der Waals surface area (Å²) < 4.78 is 80.7. The average molecular weight is 1700 g/mol. The number of hydrogen-bond acceptors (Lipinski definition) is 24. The van der Waals surface area contributed by atoms with Crippen molar-refractivity contribution in [1.29, 1.82) is 0 Å². The number of nitrogens with two attached hydrogens (primary N) is 2. The summed E-state index contributed by atoms with van der Waals surface area (Å²) in [6, 6.07) is 7.55. The number of likely N-dealkylation sites (tertiary alicyclic amines) is 3. The van der Waals surface area contributed by atoms with Crippen LogP contribution in [-0.4, -0.2) is 217 Å². The van der Waals surface area contributed by atoms with Crippen LogP contribution in [0.15, 0.2) is 87.0 Å². The normalized spacial score (nSPS) is 17.8. The van der Waals surface area contributed by atoms with Crippen LogP contribution >= 0.6 is 69.6 Å². The predicted molar refractivity (Wildman–Crippen MR) is 438 cm³/mol. The molecule has 0 unspecified atom stereocenters. The van der Waals surface area contributed by atoms with Crippen molar-refractivity contribution in [3.8, 4) is 5.75 Å². The molecular weight excluding hydrogens is 1590 g/mol. The van der Waals surface area contributed by atoms with Crippen molar-refractivity contribution in [3.05, 3.63) is 143 Å². The van der Waals surface area contributed by atoms with E-state index in [0.717, 1.165) is 120 Å². The van der Waals surface area contributed by atoms with Crippen molar-refractivity contribution < 1.29 is 60.4 Å². The third-order valence-corrected chi connectivity index (χ3v) is 17.2. The van der Waals surface area contributed by atoms with Crippen LogP contribution < -0.4 is 37.5 Å². The highest BCUT2D eigenvalue weighted by Crippen LogP contribution is 2.33. The van der Waals surface area contributed by atoms with Gasteiger partial charge >= 0.3 is 6.09 Å². The lowest BCUT2D eigenvalue weighted by molar-refractivity contribution is -0.418. The number of aromatic nitrogens is 8. The molecule has 0 radical (unpaired) electrons. The molecule has 37 heteroatoms. The van der Waals surface area contributed by atoms with E-state index < -0.39 is 40.1 Å². The zero-order valence-corrected chi connectivity index (χ0v) is 68.2. The number of carbonyl (C=O) groups excluding carboxylic acids is 4. The first-order valence-corrected chi connectivity index (χ1v) is 38.1. The molecule has 27 nitrogen and oxygen atoms in total. The third-order valence-electron chi connectivity index (χ3n) is 16.1. The maximum absolute atomic E-state index is 13.5. The number of nitrogen functional groups attached to an aromatic ring is 1. The van der Waals surface area contributed by atoms with Crippen LogP contribution in [0.4, 0.5) is 45.5 Å². The van der Waals surface area contributed by atoms with Gasteiger partial charge in [0.05, 0.1) is 51.2 Å². The topological polar surface area (TPSA) is 331 Å². The molecule has 0 bridgehead atoms. The second kappa shape index (κ2) is 54.5. The summed E-state index contributed by atoms with van der Waals surface area (Å²) >= 11 is 32.0. The maximum atomic E-state index is 13.5. The molecule has 9 heterocycles. The molecule has 0 spiro atoms. The number of carbonyl (C=O) groups is 4. The zero-order chi connectivity index (χ0) is 82.0. The summed E-state index contributed by atoms with van der Waals surface area (Å²) in [5.41, 5.74) is 11.5. The molecule has 0 saturated carbocycles. The molecule has 5 saturated heterocycles. The molecule has 10 rings (SSSR count). The van der Waals surface area contributed by atoms with Crippen molar-refractivity contribution in [2.75, 3.05) is 120 Å². The molecule has 1 aromatic carbocycles. The van der Waals surface area contributed by atoms with Gasteiger partial charge < -0.3 is 76.0 Å². The third kappa shape index (κ3) is 41.7.